The summed E-state index contributed by atoms with van der Waals surface area (Å²) >= 11 is 0. The van der Waals surface area contributed by atoms with Crippen molar-refractivity contribution in [2.24, 2.45) is 11.7 Å². The number of hydrogen-bond donors (Lipinski definition) is 2. The molecule has 0 bridgehead atoms. The molecule has 1 amide bonds. The van der Waals surface area contributed by atoms with Gasteiger partial charge in [-0.25, -0.2) is 8.78 Å². The van der Waals surface area contributed by atoms with Crippen molar-refractivity contribution in [3.8, 4) is 0 Å². The highest BCUT2D eigenvalue weighted by Crippen LogP contribution is 2.22. The minimum Gasteiger partial charge on any atom is -0.352 e. The zero-order chi connectivity index (χ0) is 13.8. The van der Waals surface area contributed by atoms with Crippen molar-refractivity contribution in [2.75, 3.05) is 6.54 Å². The molecule has 1 aliphatic carbocycles. The van der Waals surface area contributed by atoms with Crippen LogP contribution in [0.15, 0.2) is 18.2 Å². The average molecular weight is 268 g/mol. The van der Waals surface area contributed by atoms with Crippen LogP contribution in [0.4, 0.5) is 8.78 Å². The zero-order valence-corrected chi connectivity index (χ0v) is 10.7. The standard InChI is InChI=1S/C14H18F2N2O/c15-10-5-3-6-11(16)13(10)14(19)18-8-9-4-1-2-7-12(9)17/h3,5-6,9,12H,1-2,4,7-8,17H2,(H,18,19). The van der Waals surface area contributed by atoms with Crippen LogP contribution < -0.4 is 11.1 Å². The Morgan fingerprint density at radius 3 is 2.53 bits per heavy atom. The van der Waals surface area contributed by atoms with Gasteiger partial charge in [-0.15, -0.1) is 0 Å². The number of halogens is 2. The quantitative estimate of drug-likeness (QED) is 0.883. The second kappa shape index (κ2) is 6.10. The van der Waals surface area contributed by atoms with Crippen LogP contribution in [0.2, 0.25) is 0 Å². The van der Waals surface area contributed by atoms with Gasteiger partial charge in [-0.1, -0.05) is 18.9 Å². The van der Waals surface area contributed by atoms with Gasteiger partial charge in [-0.2, -0.15) is 0 Å². The Balaban J connectivity index is 1.97. The molecule has 5 heteroatoms. The van der Waals surface area contributed by atoms with Crippen molar-refractivity contribution in [1.29, 1.82) is 0 Å². The van der Waals surface area contributed by atoms with Crippen LogP contribution in [0.3, 0.4) is 0 Å². The van der Waals surface area contributed by atoms with Crippen LogP contribution in [-0.2, 0) is 0 Å². The SMILES string of the molecule is NC1CCCCC1CNC(=O)c1c(F)cccc1F. The molecular weight excluding hydrogens is 250 g/mol. The molecule has 0 spiro atoms. The van der Waals surface area contributed by atoms with E-state index in [2.05, 4.69) is 5.32 Å². The summed E-state index contributed by atoms with van der Waals surface area (Å²) in [5.41, 5.74) is 5.44. The summed E-state index contributed by atoms with van der Waals surface area (Å²) < 4.78 is 26.8. The maximum atomic E-state index is 13.4. The minimum absolute atomic E-state index is 0.0551. The van der Waals surface area contributed by atoms with Gasteiger partial charge in [0, 0.05) is 12.6 Å². The molecule has 2 unspecified atom stereocenters. The summed E-state index contributed by atoms with van der Waals surface area (Å²) in [6, 6.07) is 3.44. The third-order valence-corrected chi connectivity index (χ3v) is 3.68. The number of rotatable bonds is 3. The van der Waals surface area contributed by atoms with E-state index < -0.39 is 23.1 Å². The molecule has 2 rings (SSSR count). The number of carbonyl (C=O) groups excluding carboxylic acids is 1. The van der Waals surface area contributed by atoms with Crippen LogP contribution in [0.5, 0.6) is 0 Å². The first-order valence-electron chi connectivity index (χ1n) is 6.57. The predicted octanol–water partition coefficient (Wildman–Crippen LogP) is 2.21. The minimum atomic E-state index is -0.842. The molecule has 104 valence electrons. The Hall–Kier alpha value is -1.49. The molecule has 3 N–H and O–H groups in total. The third-order valence-electron chi connectivity index (χ3n) is 3.68. The van der Waals surface area contributed by atoms with Crippen molar-refractivity contribution in [1.82, 2.24) is 5.32 Å². The molecule has 1 saturated carbocycles. The maximum Gasteiger partial charge on any atom is 0.257 e. The lowest BCUT2D eigenvalue weighted by molar-refractivity contribution is 0.0933. The third kappa shape index (κ3) is 3.29. The van der Waals surface area contributed by atoms with Crippen LogP contribution >= 0.6 is 0 Å². The zero-order valence-electron chi connectivity index (χ0n) is 10.7. The van der Waals surface area contributed by atoms with E-state index in [-0.39, 0.29) is 12.0 Å². The second-order valence-corrected chi connectivity index (χ2v) is 5.02. The Labute approximate surface area is 111 Å². The van der Waals surface area contributed by atoms with Gasteiger partial charge >= 0.3 is 0 Å². The molecule has 3 nitrogen and oxygen atoms in total. The number of nitrogens with one attached hydrogen (secondary N) is 1. The molecule has 1 aliphatic rings. The van der Waals surface area contributed by atoms with E-state index >= 15 is 0 Å². The normalized spacial score (nSPS) is 23.1. The molecule has 1 aromatic carbocycles. The summed E-state index contributed by atoms with van der Waals surface area (Å²) in [7, 11) is 0. The summed E-state index contributed by atoms with van der Waals surface area (Å²) in [6.45, 7) is 0.369. The van der Waals surface area contributed by atoms with Crippen molar-refractivity contribution >= 4 is 5.91 Å². The number of nitrogens with two attached hydrogens (primary N) is 1. The van der Waals surface area contributed by atoms with Gasteiger partial charge in [-0.05, 0) is 30.9 Å². The Morgan fingerprint density at radius 1 is 1.26 bits per heavy atom. The van der Waals surface area contributed by atoms with Crippen LogP contribution in [0.25, 0.3) is 0 Å². The molecule has 1 aromatic rings. The van der Waals surface area contributed by atoms with Crippen LogP contribution in [0, 0.1) is 17.6 Å². The summed E-state index contributed by atoms with van der Waals surface area (Å²) in [4.78, 5) is 11.8. The van der Waals surface area contributed by atoms with E-state index in [1.807, 2.05) is 0 Å². The monoisotopic (exact) mass is 268 g/mol. The fourth-order valence-corrected chi connectivity index (χ4v) is 2.52. The Morgan fingerprint density at radius 2 is 1.89 bits per heavy atom. The van der Waals surface area contributed by atoms with Gasteiger partial charge in [0.15, 0.2) is 0 Å². The largest absolute Gasteiger partial charge is 0.352 e. The molecular formula is C14H18F2N2O. The smallest absolute Gasteiger partial charge is 0.257 e. The van der Waals surface area contributed by atoms with Crippen molar-refractivity contribution in [2.45, 2.75) is 31.7 Å². The molecule has 1 fully saturated rings. The van der Waals surface area contributed by atoms with Crippen molar-refractivity contribution in [3.05, 3.63) is 35.4 Å². The van der Waals surface area contributed by atoms with Gasteiger partial charge in [-0.3, -0.25) is 4.79 Å². The highest BCUT2D eigenvalue weighted by atomic mass is 19.1. The first-order valence-corrected chi connectivity index (χ1v) is 6.57. The summed E-state index contributed by atoms with van der Waals surface area (Å²) in [5.74, 6) is -2.21. The average Bonchev–Trinajstić information content (AvgIpc) is 2.37. The summed E-state index contributed by atoms with van der Waals surface area (Å²) in [6.07, 6.45) is 4.08. The fourth-order valence-electron chi connectivity index (χ4n) is 2.52. The predicted molar refractivity (Wildman–Crippen MR) is 68.6 cm³/mol. The lowest BCUT2D eigenvalue weighted by Gasteiger charge is -2.28. The lowest BCUT2D eigenvalue weighted by Crippen LogP contribution is -2.41. The number of amides is 1. The highest BCUT2D eigenvalue weighted by Gasteiger charge is 2.23. The van der Waals surface area contributed by atoms with Gasteiger partial charge < -0.3 is 11.1 Å². The summed E-state index contributed by atoms with van der Waals surface area (Å²) in [5, 5.41) is 2.58. The van der Waals surface area contributed by atoms with Gasteiger partial charge in [0.05, 0.1) is 0 Å². The molecule has 0 aromatic heterocycles. The molecule has 0 radical (unpaired) electrons. The van der Waals surface area contributed by atoms with Crippen LogP contribution in [0.1, 0.15) is 36.0 Å². The van der Waals surface area contributed by atoms with E-state index in [1.165, 1.54) is 6.07 Å². The molecule has 0 aliphatic heterocycles. The van der Waals surface area contributed by atoms with Gasteiger partial charge in [0.1, 0.15) is 17.2 Å². The Bertz CT molecular complexity index is 445. The first-order chi connectivity index (χ1) is 9.09. The molecule has 2 atom stereocenters. The lowest BCUT2D eigenvalue weighted by atomic mass is 9.85. The van der Waals surface area contributed by atoms with E-state index in [0.717, 1.165) is 37.8 Å². The van der Waals surface area contributed by atoms with Gasteiger partial charge in [0.25, 0.3) is 5.91 Å². The van der Waals surface area contributed by atoms with Crippen molar-refractivity contribution < 1.29 is 13.6 Å². The number of hydrogen-bond acceptors (Lipinski definition) is 2. The second-order valence-electron chi connectivity index (χ2n) is 5.02. The first kappa shape index (κ1) is 13.9. The van der Waals surface area contributed by atoms with E-state index in [0.29, 0.717) is 6.54 Å². The highest BCUT2D eigenvalue weighted by molar-refractivity contribution is 5.94. The van der Waals surface area contributed by atoms with Crippen molar-refractivity contribution in [3.63, 3.8) is 0 Å². The Kier molecular flexibility index (Phi) is 4.47. The molecule has 19 heavy (non-hydrogen) atoms. The van der Waals surface area contributed by atoms with Gasteiger partial charge in [0.2, 0.25) is 0 Å². The fraction of sp³-hybridized carbons (Fsp3) is 0.500. The number of carbonyl (C=O) groups is 1. The molecule has 0 heterocycles. The maximum absolute atomic E-state index is 13.4. The van der Waals surface area contributed by atoms with Crippen LogP contribution in [-0.4, -0.2) is 18.5 Å². The molecule has 0 saturated heterocycles. The van der Waals surface area contributed by atoms with E-state index in [9.17, 15) is 13.6 Å². The van der Waals surface area contributed by atoms with E-state index in [4.69, 9.17) is 5.73 Å². The van der Waals surface area contributed by atoms with E-state index in [1.54, 1.807) is 0 Å². The number of benzene rings is 1. The topological polar surface area (TPSA) is 55.1 Å².